The van der Waals surface area contributed by atoms with Crippen molar-refractivity contribution in [3.63, 3.8) is 0 Å². The minimum absolute atomic E-state index is 0.109. The Labute approximate surface area is 152 Å². The first kappa shape index (κ1) is 17.1. The average molecular weight is 353 g/mol. The second kappa shape index (κ2) is 6.76. The monoisotopic (exact) mass is 353 g/mol. The number of piperidine rings is 1. The molecule has 6 heteroatoms. The lowest BCUT2D eigenvalue weighted by Crippen LogP contribution is -2.34. The maximum atomic E-state index is 14.1. The fraction of sp³-hybridized carbons (Fsp3) is 0.450. The molecule has 1 fully saturated rings. The van der Waals surface area contributed by atoms with E-state index in [0.29, 0.717) is 11.7 Å². The summed E-state index contributed by atoms with van der Waals surface area (Å²) < 4.78 is 15.9. The fourth-order valence-corrected chi connectivity index (χ4v) is 3.93. The van der Waals surface area contributed by atoms with Crippen molar-refractivity contribution in [2.45, 2.75) is 46.1 Å². The van der Waals surface area contributed by atoms with Crippen molar-refractivity contribution in [1.82, 2.24) is 24.5 Å². The molecule has 1 saturated heterocycles. The zero-order valence-corrected chi connectivity index (χ0v) is 15.5. The average Bonchev–Trinajstić information content (AvgIpc) is 3.07. The Hall–Kier alpha value is -2.34. The first-order valence-electron chi connectivity index (χ1n) is 9.16. The Balaban J connectivity index is 1.57. The smallest absolute Gasteiger partial charge is 0.252 e. The van der Waals surface area contributed by atoms with Gasteiger partial charge in [-0.3, -0.25) is 4.90 Å². The standard InChI is InChI=1S/C20H24FN5/c1-13-7-16(9-18(21)15(13)3)10-25-6-4-5-17(11-25)19-8-14(2)24-20-22-12-23-26(19)20/h7-9,12,17H,4-6,10-11H2,1-3H3. The lowest BCUT2D eigenvalue weighted by molar-refractivity contribution is 0.197. The number of halogens is 1. The van der Waals surface area contributed by atoms with Gasteiger partial charge in [-0.25, -0.2) is 13.9 Å². The van der Waals surface area contributed by atoms with E-state index in [1.807, 2.05) is 25.3 Å². The number of hydrogen-bond acceptors (Lipinski definition) is 4. The highest BCUT2D eigenvalue weighted by Crippen LogP contribution is 2.28. The van der Waals surface area contributed by atoms with Crippen LogP contribution in [-0.2, 0) is 6.54 Å². The van der Waals surface area contributed by atoms with E-state index < -0.39 is 0 Å². The molecule has 3 aromatic rings. The lowest BCUT2D eigenvalue weighted by atomic mass is 9.93. The van der Waals surface area contributed by atoms with Crippen molar-refractivity contribution >= 4 is 5.78 Å². The maximum absolute atomic E-state index is 14.1. The normalized spacial score (nSPS) is 18.5. The highest BCUT2D eigenvalue weighted by molar-refractivity contribution is 5.33. The summed E-state index contributed by atoms with van der Waals surface area (Å²) in [5.74, 6) is 0.932. The number of aryl methyl sites for hydroxylation is 2. The topological polar surface area (TPSA) is 46.3 Å². The Kier molecular flexibility index (Phi) is 4.44. The molecule has 1 aliphatic heterocycles. The van der Waals surface area contributed by atoms with Crippen LogP contribution < -0.4 is 0 Å². The summed E-state index contributed by atoms with van der Waals surface area (Å²) in [6.45, 7) is 8.56. The van der Waals surface area contributed by atoms with Gasteiger partial charge in [-0.15, -0.1) is 0 Å². The van der Waals surface area contributed by atoms with Gasteiger partial charge in [-0.1, -0.05) is 6.07 Å². The van der Waals surface area contributed by atoms with E-state index in [1.165, 1.54) is 5.69 Å². The molecular formula is C20H24FN5. The molecule has 0 spiro atoms. The number of aromatic nitrogens is 4. The molecule has 1 unspecified atom stereocenters. The molecule has 1 atom stereocenters. The van der Waals surface area contributed by atoms with Gasteiger partial charge in [-0.05, 0) is 69.0 Å². The van der Waals surface area contributed by atoms with E-state index in [0.717, 1.165) is 54.9 Å². The summed E-state index contributed by atoms with van der Waals surface area (Å²) in [6.07, 6.45) is 3.80. The van der Waals surface area contributed by atoms with Gasteiger partial charge in [0, 0.05) is 24.7 Å². The van der Waals surface area contributed by atoms with Gasteiger partial charge in [0.2, 0.25) is 0 Å². The van der Waals surface area contributed by atoms with E-state index in [-0.39, 0.29) is 5.82 Å². The van der Waals surface area contributed by atoms with Crippen LogP contribution in [0.25, 0.3) is 5.78 Å². The molecule has 0 saturated carbocycles. The summed E-state index contributed by atoms with van der Waals surface area (Å²) in [5.41, 5.74) is 4.94. The highest BCUT2D eigenvalue weighted by Gasteiger charge is 2.24. The van der Waals surface area contributed by atoms with Gasteiger partial charge in [-0.2, -0.15) is 10.1 Å². The zero-order chi connectivity index (χ0) is 18.3. The van der Waals surface area contributed by atoms with Crippen molar-refractivity contribution in [2.75, 3.05) is 13.1 Å². The van der Waals surface area contributed by atoms with E-state index in [2.05, 4.69) is 32.1 Å². The Morgan fingerprint density at radius 1 is 1.19 bits per heavy atom. The molecule has 0 amide bonds. The fourth-order valence-electron chi connectivity index (χ4n) is 3.93. The molecule has 3 heterocycles. The molecule has 2 aromatic heterocycles. The lowest BCUT2D eigenvalue weighted by Gasteiger charge is -2.33. The Morgan fingerprint density at radius 3 is 2.85 bits per heavy atom. The summed E-state index contributed by atoms with van der Waals surface area (Å²) in [4.78, 5) is 11.1. The number of benzene rings is 1. The third-order valence-electron chi connectivity index (χ3n) is 5.40. The van der Waals surface area contributed by atoms with Crippen LogP contribution >= 0.6 is 0 Å². The van der Waals surface area contributed by atoms with Gasteiger partial charge in [0.1, 0.15) is 12.1 Å². The molecule has 136 valence electrons. The second-order valence-corrected chi connectivity index (χ2v) is 7.39. The molecule has 26 heavy (non-hydrogen) atoms. The molecular weight excluding hydrogens is 329 g/mol. The van der Waals surface area contributed by atoms with Gasteiger partial charge in [0.25, 0.3) is 5.78 Å². The summed E-state index contributed by atoms with van der Waals surface area (Å²) in [5, 5.41) is 4.35. The molecule has 1 aromatic carbocycles. The third-order valence-corrected chi connectivity index (χ3v) is 5.40. The Morgan fingerprint density at radius 2 is 2.04 bits per heavy atom. The van der Waals surface area contributed by atoms with Crippen LogP contribution in [0.2, 0.25) is 0 Å². The van der Waals surface area contributed by atoms with Gasteiger partial charge in [0.05, 0.1) is 5.69 Å². The molecule has 1 aliphatic rings. The second-order valence-electron chi connectivity index (χ2n) is 7.39. The minimum Gasteiger partial charge on any atom is -0.298 e. The number of fused-ring (bicyclic) bond motifs is 1. The van der Waals surface area contributed by atoms with Crippen LogP contribution in [0.3, 0.4) is 0 Å². The summed E-state index contributed by atoms with van der Waals surface area (Å²) in [7, 11) is 0. The van der Waals surface area contributed by atoms with Crippen molar-refractivity contribution in [3.05, 3.63) is 58.4 Å². The van der Waals surface area contributed by atoms with Crippen LogP contribution in [0.1, 0.15) is 46.8 Å². The van der Waals surface area contributed by atoms with Crippen molar-refractivity contribution in [3.8, 4) is 0 Å². The first-order valence-corrected chi connectivity index (χ1v) is 9.16. The molecule has 4 rings (SSSR count). The van der Waals surface area contributed by atoms with Gasteiger partial charge < -0.3 is 0 Å². The molecule has 0 aliphatic carbocycles. The zero-order valence-electron chi connectivity index (χ0n) is 15.5. The quantitative estimate of drug-likeness (QED) is 0.722. The van der Waals surface area contributed by atoms with Crippen LogP contribution in [0.5, 0.6) is 0 Å². The predicted octanol–water partition coefficient (Wildman–Crippen LogP) is 3.57. The SMILES string of the molecule is Cc1cc(C2CCCN(Cc3cc(C)c(C)c(F)c3)C2)n2ncnc2n1. The molecule has 0 N–H and O–H groups in total. The van der Waals surface area contributed by atoms with Crippen LogP contribution in [0, 0.1) is 26.6 Å². The third kappa shape index (κ3) is 3.21. The van der Waals surface area contributed by atoms with E-state index >= 15 is 0 Å². The molecule has 0 bridgehead atoms. The number of nitrogens with zero attached hydrogens (tertiary/aromatic N) is 5. The van der Waals surface area contributed by atoms with Crippen molar-refractivity contribution in [2.24, 2.45) is 0 Å². The highest BCUT2D eigenvalue weighted by atomic mass is 19.1. The van der Waals surface area contributed by atoms with Gasteiger partial charge >= 0.3 is 0 Å². The number of rotatable bonds is 3. The predicted molar refractivity (Wildman–Crippen MR) is 98.6 cm³/mol. The van der Waals surface area contributed by atoms with E-state index in [4.69, 9.17) is 0 Å². The van der Waals surface area contributed by atoms with Crippen LogP contribution in [-0.4, -0.2) is 37.6 Å². The molecule has 0 radical (unpaired) electrons. The minimum atomic E-state index is -0.109. The van der Waals surface area contributed by atoms with Crippen LogP contribution in [0.4, 0.5) is 4.39 Å². The summed E-state index contributed by atoms with van der Waals surface area (Å²) in [6, 6.07) is 5.90. The summed E-state index contributed by atoms with van der Waals surface area (Å²) >= 11 is 0. The largest absolute Gasteiger partial charge is 0.298 e. The van der Waals surface area contributed by atoms with Crippen molar-refractivity contribution in [1.29, 1.82) is 0 Å². The van der Waals surface area contributed by atoms with Crippen LogP contribution in [0.15, 0.2) is 24.5 Å². The first-order chi connectivity index (χ1) is 12.5. The van der Waals surface area contributed by atoms with E-state index in [9.17, 15) is 4.39 Å². The van der Waals surface area contributed by atoms with E-state index in [1.54, 1.807) is 12.4 Å². The van der Waals surface area contributed by atoms with Gasteiger partial charge in [0.15, 0.2) is 0 Å². The van der Waals surface area contributed by atoms with Crippen molar-refractivity contribution < 1.29 is 4.39 Å². The Bertz CT molecular complexity index is 926. The molecule has 5 nitrogen and oxygen atoms in total. The number of likely N-dealkylation sites (tertiary alicyclic amines) is 1. The number of hydrogen-bond donors (Lipinski definition) is 0. The maximum Gasteiger partial charge on any atom is 0.252 e.